The third kappa shape index (κ3) is 2.83. The lowest BCUT2D eigenvalue weighted by Crippen LogP contribution is -2.33. The van der Waals surface area contributed by atoms with Gasteiger partial charge in [0.2, 0.25) is 0 Å². The van der Waals surface area contributed by atoms with Gasteiger partial charge in [0.25, 0.3) is 0 Å². The summed E-state index contributed by atoms with van der Waals surface area (Å²) in [5, 5.41) is 0.627. The summed E-state index contributed by atoms with van der Waals surface area (Å²) in [6.45, 7) is 5.22. The molecule has 1 fully saturated rings. The fourth-order valence-corrected chi connectivity index (χ4v) is 5.11. The largest absolute Gasteiger partial charge is 0.396 e. The minimum Gasteiger partial charge on any atom is -0.396 e. The van der Waals surface area contributed by atoms with E-state index in [0.717, 1.165) is 32.2 Å². The molecule has 0 aliphatic carbocycles. The molecular formula is C13H20N2O3S2. The van der Waals surface area contributed by atoms with Crippen LogP contribution in [0.5, 0.6) is 0 Å². The molecule has 0 spiro atoms. The van der Waals surface area contributed by atoms with Gasteiger partial charge in [-0.15, -0.1) is 11.3 Å². The van der Waals surface area contributed by atoms with E-state index in [9.17, 15) is 13.2 Å². The van der Waals surface area contributed by atoms with Crippen LogP contribution in [0.1, 0.15) is 36.4 Å². The zero-order valence-corrected chi connectivity index (χ0v) is 13.6. The fraction of sp³-hybridized carbons (Fsp3) is 0.615. The Balaban J connectivity index is 2.52. The molecule has 5 nitrogen and oxygen atoms in total. The van der Waals surface area contributed by atoms with E-state index in [1.807, 2.05) is 4.90 Å². The Morgan fingerprint density at radius 3 is 2.35 bits per heavy atom. The number of thiophene rings is 1. The topological polar surface area (TPSA) is 80.5 Å². The Morgan fingerprint density at radius 2 is 1.90 bits per heavy atom. The van der Waals surface area contributed by atoms with E-state index in [0.29, 0.717) is 15.8 Å². The molecule has 2 heterocycles. The average molecular weight is 316 g/mol. The number of nitrogen functional groups attached to an aromatic ring is 1. The first kappa shape index (κ1) is 15.3. The van der Waals surface area contributed by atoms with Crippen LogP contribution in [-0.4, -0.2) is 33.5 Å². The Kier molecular flexibility index (Phi) is 4.11. The van der Waals surface area contributed by atoms with E-state index < -0.39 is 9.84 Å². The van der Waals surface area contributed by atoms with Gasteiger partial charge in [-0.1, -0.05) is 6.92 Å². The van der Waals surface area contributed by atoms with Crippen LogP contribution in [0.3, 0.4) is 0 Å². The maximum atomic E-state index is 12.0. The molecule has 1 aliphatic rings. The van der Waals surface area contributed by atoms with Gasteiger partial charge < -0.3 is 10.6 Å². The Hall–Kier alpha value is -1.08. The van der Waals surface area contributed by atoms with E-state index in [1.54, 1.807) is 0 Å². The molecule has 0 radical (unpaired) electrons. The number of piperidine rings is 1. The number of carbonyl (C=O) groups excluding carboxylic acids is 1. The maximum Gasteiger partial charge on any atom is 0.180 e. The number of carbonyl (C=O) groups is 1. The predicted octanol–water partition coefficient (Wildman–Crippen LogP) is 2.17. The van der Waals surface area contributed by atoms with E-state index in [-0.39, 0.29) is 16.4 Å². The average Bonchev–Trinajstić information content (AvgIpc) is 2.67. The number of sulfone groups is 1. The zero-order chi connectivity index (χ0) is 15.1. The molecule has 0 atom stereocenters. The van der Waals surface area contributed by atoms with Crippen molar-refractivity contribution in [3.05, 3.63) is 4.88 Å². The van der Waals surface area contributed by atoms with Gasteiger partial charge in [-0.25, -0.2) is 8.42 Å². The Labute approximate surface area is 123 Å². The minimum atomic E-state index is -3.45. The van der Waals surface area contributed by atoms with Crippen LogP contribution in [0.4, 0.5) is 10.7 Å². The second-order valence-corrected chi connectivity index (χ2v) is 8.43. The maximum absolute atomic E-state index is 12.0. The number of hydrogen-bond donors (Lipinski definition) is 1. The molecule has 7 heteroatoms. The van der Waals surface area contributed by atoms with Crippen LogP contribution < -0.4 is 10.6 Å². The molecule has 2 N–H and O–H groups in total. The first-order valence-corrected chi connectivity index (χ1v) is 9.30. The molecule has 1 saturated heterocycles. The number of Topliss-reactive ketones (excluding diaryl/α,β-unsaturated/α-hetero) is 1. The highest BCUT2D eigenvalue weighted by atomic mass is 32.2. The molecule has 1 aliphatic heterocycles. The van der Waals surface area contributed by atoms with Crippen LogP contribution in [0.15, 0.2) is 4.90 Å². The molecule has 0 saturated carbocycles. The first-order valence-electron chi connectivity index (χ1n) is 6.60. The van der Waals surface area contributed by atoms with Gasteiger partial charge in [0.15, 0.2) is 15.6 Å². The quantitative estimate of drug-likeness (QED) is 0.864. The van der Waals surface area contributed by atoms with Crippen molar-refractivity contribution in [3.8, 4) is 0 Å². The molecule has 2 rings (SSSR count). The number of ketones is 1. The van der Waals surface area contributed by atoms with E-state index >= 15 is 0 Å². The summed E-state index contributed by atoms with van der Waals surface area (Å²) in [6, 6.07) is 0. The van der Waals surface area contributed by atoms with Gasteiger partial charge >= 0.3 is 0 Å². The van der Waals surface area contributed by atoms with Crippen molar-refractivity contribution in [2.75, 3.05) is 30.0 Å². The van der Waals surface area contributed by atoms with Gasteiger partial charge in [0.05, 0.1) is 10.6 Å². The number of anilines is 2. The summed E-state index contributed by atoms with van der Waals surface area (Å²) in [5.41, 5.74) is 6.02. The van der Waals surface area contributed by atoms with E-state index in [2.05, 4.69) is 6.92 Å². The molecule has 0 unspecified atom stereocenters. The molecule has 20 heavy (non-hydrogen) atoms. The third-order valence-corrected chi connectivity index (χ3v) is 6.29. The van der Waals surface area contributed by atoms with Crippen molar-refractivity contribution in [2.24, 2.45) is 5.92 Å². The summed E-state index contributed by atoms with van der Waals surface area (Å²) < 4.78 is 24.0. The molecule has 0 bridgehead atoms. The monoisotopic (exact) mass is 316 g/mol. The highest BCUT2D eigenvalue weighted by molar-refractivity contribution is 7.91. The van der Waals surface area contributed by atoms with Gasteiger partial charge in [-0.05, 0) is 18.8 Å². The number of nitrogens with zero attached hydrogens (tertiary/aromatic N) is 1. The Bertz CT molecular complexity index is 626. The predicted molar refractivity (Wildman–Crippen MR) is 82.5 cm³/mol. The minimum absolute atomic E-state index is 0.110. The second-order valence-electron chi connectivity index (χ2n) is 5.48. The SMILES string of the molecule is CC(=O)c1sc(N2CCC(C)CC2)c(S(C)(=O)=O)c1N. The smallest absolute Gasteiger partial charge is 0.180 e. The lowest BCUT2D eigenvalue weighted by Gasteiger charge is -2.31. The molecule has 112 valence electrons. The fourth-order valence-electron chi connectivity index (χ4n) is 2.46. The van der Waals surface area contributed by atoms with E-state index in [4.69, 9.17) is 5.73 Å². The van der Waals surface area contributed by atoms with Crippen molar-refractivity contribution in [2.45, 2.75) is 31.6 Å². The summed E-state index contributed by atoms with van der Waals surface area (Å²) in [7, 11) is -3.45. The van der Waals surface area contributed by atoms with E-state index in [1.165, 1.54) is 18.3 Å². The molecule has 1 aromatic rings. The first-order chi connectivity index (χ1) is 9.21. The second kappa shape index (κ2) is 5.37. The zero-order valence-electron chi connectivity index (χ0n) is 12.0. The number of rotatable bonds is 3. The molecule has 0 amide bonds. The van der Waals surface area contributed by atoms with Crippen LogP contribution in [0, 0.1) is 5.92 Å². The summed E-state index contributed by atoms with van der Waals surface area (Å²) in [4.78, 5) is 14.1. The van der Waals surface area contributed by atoms with Crippen molar-refractivity contribution in [1.82, 2.24) is 0 Å². The van der Waals surface area contributed by atoms with Crippen LogP contribution in [0.25, 0.3) is 0 Å². The molecule has 0 aromatic carbocycles. The van der Waals surface area contributed by atoms with Crippen molar-refractivity contribution >= 4 is 37.6 Å². The standard InChI is InChI=1S/C13H20N2O3S2/c1-8-4-6-15(7-5-8)13-12(20(3,17)18)10(14)11(19-13)9(2)16/h8H,4-7,14H2,1-3H3. The van der Waals surface area contributed by atoms with Gasteiger partial charge in [0, 0.05) is 26.3 Å². The van der Waals surface area contributed by atoms with Crippen LogP contribution in [0.2, 0.25) is 0 Å². The van der Waals surface area contributed by atoms with Gasteiger partial charge in [0.1, 0.15) is 9.90 Å². The number of nitrogens with two attached hydrogens (primary N) is 1. The third-order valence-electron chi connectivity index (χ3n) is 3.64. The Morgan fingerprint density at radius 1 is 1.35 bits per heavy atom. The van der Waals surface area contributed by atoms with Crippen LogP contribution in [-0.2, 0) is 9.84 Å². The van der Waals surface area contributed by atoms with Crippen molar-refractivity contribution in [3.63, 3.8) is 0 Å². The summed E-state index contributed by atoms with van der Waals surface area (Å²) in [6.07, 6.45) is 3.19. The summed E-state index contributed by atoms with van der Waals surface area (Å²) >= 11 is 1.20. The molecular weight excluding hydrogens is 296 g/mol. The van der Waals surface area contributed by atoms with Crippen molar-refractivity contribution < 1.29 is 13.2 Å². The van der Waals surface area contributed by atoms with Gasteiger partial charge in [-0.2, -0.15) is 0 Å². The van der Waals surface area contributed by atoms with Crippen molar-refractivity contribution in [1.29, 1.82) is 0 Å². The van der Waals surface area contributed by atoms with Gasteiger partial charge in [-0.3, -0.25) is 4.79 Å². The summed E-state index contributed by atoms with van der Waals surface area (Å²) in [5.74, 6) is 0.464. The normalized spacial score (nSPS) is 17.4. The lowest BCUT2D eigenvalue weighted by atomic mass is 9.99. The number of hydrogen-bond acceptors (Lipinski definition) is 6. The highest BCUT2D eigenvalue weighted by Crippen LogP contribution is 2.42. The lowest BCUT2D eigenvalue weighted by molar-refractivity contribution is 0.102. The molecule has 1 aromatic heterocycles. The van der Waals surface area contributed by atoms with Crippen LogP contribution >= 0.6 is 11.3 Å². The highest BCUT2D eigenvalue weighted by Gasteiger charge is 2.30.